The van der Waals surface area contributed by atoms with Crippen molar-refractivity contribution in [3.05, 3.63) is 41.5 Å². The van der Waals surface area contributed by atoms with Crippen LogP contribution in [0.3, 0.4) is 0 Å². The van der Waals surface area contributed by atoms with Gasteiger partial charge in [-0.15, -0.1) is 0 Å². The number of carbonyl (C=O) groups is 2. The summed E-state index contributed by atoms with van der Waals surface area (Å²) in [6, 6.07) is 7.56. The predicted octanol–water partition coefficient (Wildman–Crippen LogP) is 3.88. The Morgan fingerprint density at radius 1 is 1.21 bits per heavy atom. The third kappa shape index (κ3) is 6.99. The molecule has 0 bridgehead atoms. The number of allylic oxidation sites excluding steroid dienone is 1. The maximum Gasteiger partial charge on any atom is 0.251 e. The molecule has 132 valence electrons. The molecule has 0 saturated heterocycles. The quantitative estimate of drug-likeness (QED) is 0.662. The molecule has 0 aliphatic rings. The van der Waals surface area contributed by atoms with Gasteiger partial charge in [-0.2, -0.15) is 0 Å². The Morgan fingerprint density at radius 2 is 2.00 bits per heavy atom. The lowest BCUT2D eigenvalue weighted by atomic mass is 10.1. The van der Waals surface area contributed by atoms with Crippen LogP contribution in [0.1, 0.15) is 62.4 Å². The van der Waals surface area contributed by atoms with Gasteiger partial charge in [-0.1, -0.05) is 31.2 Å². The maximum absolute atomic E-state index is 12.0. The van der Waals surface area contributed by atoms with E-state index in [0.29, 0.717) is 18.5 Å². The number of hydrogen-bond donors (Lipinski definition) is 1. The monoisotopic (exact) mass is 330 g/mol. The Balaban J connectivity index is 2.43. The number of hydrogen-bond acceptors (Lipinski definition) is 2. The number of amides is 2. The number of rotatable bonds is 10. The summed E-state index contributed by atoms with van der Waals surface area (Å²) in [5, 5.41) is 2.80. The van der Waals surface area contributed by atoms with E-state index in [1.165, 1.54) is 0 Å². The van der Waals surface area contributed by atoms with Crippen LogP contribution in [0.4, 0.5) is 0 Å². The second-order valence-electron chi connectivity index (χ2n) is 5.75. The zero-order chi connectivity index (χ0) is 17.8. The van der Waals surface area contributed by atoms with Crippen molar-refractivity contribution in [2.45, 2.75) is 46.5 Å². The van der Waals surface area contributed by atoms with Crippen molar-refractivity contribution >= 4 is 17.9 Å². The van der Waals surface area contributed by atoms with E-state index >= 15 is 0 Å². The SMILES string of the molecule is CCCN(CC)C(=O)CCC/C=C\c1cccc(C(=O)NCC)c1. The molecule has 2 amide bonds. The summed E-state index contributed by atoms with van der Waals surface area (Å²) in [7, 11) is 0. The number of unbranched alkanes of at least 4 members (excludes halogenated alkanes) is 1. The van der Waals surface area contributed by atoms with Crippen molar-refractivity contribution in [1.82, 2.24) is 10.2 Å². The standard InChI is InChI=1S/C20H30N2O2/c1-4-15-22(6-3)19(23)14-9-7-8-11-17-12-10-13-18(16-17)20(24)21-5-2/h8,10-13,16H,4-7,9,14-15H2,1-3H3,(H,21,24)/b11-8-. The summed E-state index contributed by atoms with van der Waals surface area (Å²) in [6.45, 7) is 8.28. The van der Waals surface area contributed by atoms with Gasteiger partial charge in [0.1, 0.15) is 0 Å². The molecule has 0 aliphatic carbocycles. The Bertz CT molecular complexity index is 552. The fourth-order valence-electron chi connectivity index (χ4n) is 2.52. The molecule has 1 N–H and O–H groups in total. The number of benzene rings is 1. The van der Waals surface area contributed by atoms with E-state index < -0.39 is 0 Å². The molecule has 0 aliphatic heterocycles. The third-order valence-electron chi connectivity index (χ3n) is 3.79. The molecule has 0 fully saturated rings. The second-order valence-corrected chi connectivity index (χ2v) is 5.75. The van der Waals surface area contributed by atoms with Crippen LogP contribution in [0.25, 0.3) is 6.08 Å². The highest BCUT2D eigenvalue weighted by Gasteiger charge is 2.09. The molecular weight excluding hydrogens is 300 g/mol. The van der Waals surface area contributed by atoms with Crippen LogP contribution in [0, 0.1) is 0 Å². The number of carbonyl (C=O) groups excluding carboxylic acids is 2. The van der Waals surface area contributed by atoms with Crippen molar-refractivity contribution in [3.63, 3.8) is 0 Å². The van der Waals surface area contributed by atoms with Crippen molar-refractivity contribution in [1.29, 1.82) is 0 Å². The van der Waals surface area contributed by atoms with Gasteiger partial charge in [0.2, 0.25) is 5.91 Å². The lowest BCUT2D eigenvalue weighted by molar-refractivity contribution is -0.131. The largest absolute Gasteiger partial charge is 0.352 e. The summed E-state index contributed by atoms with van der Waals surface area (Å²) >= 11 is 0. The van der Waals surface area contributed by atoms with Crippen molar-refractivity contribution in [2.75, 3.05) is 19.6 Å². The minimum atomic E-state index is -0.0473. The first-order chi connectivity index (χ1) is 11.6. The molecule has 0 radical (unpaired) electrons. The fourth-order valence-corrected chi connectivity index (χ4v) is 2.52. The average molecular weight is 330 g/mol. The van der Waals surface area contributed by atoms with Gasteiger partial charge in [-0.25, -0.2) is 0 Å². The molecule has 1 rings (SSSR count). The third-order valence-corrected chi connectivity index (χ3v) is 3.79. The zero-order valence-electron chi connectivity index (χ0n) is 15.2. The molecule has 4 nitrogen and oxygen atoms in total. The van der Waals surface area contributed by atoms with Crippen LogP contribution in [-0.2, 0) is 4.79 Å². The lowest BCUT2D eigenvalue weighted by Crippen LogP contribution is -2.31. The molecule has 0 atom stereocenters. The van der Waals surface area contributed by atoms with Crippen molar-refractivity contribution < 1.29 is 9.59 Å². The van der Waals surface area contributed by atoms with Gasteiger partial charge in [-0.05, 0) is 50.8 Å². The van der Waals surface area contributed by atoms with E-state index in [1.807, 2.05) is 49.1 Å². The minimum absolute atomic E-state index is 0.0473. The topological polar surface area (TPSA) is 49.4 Å². The molecule has 1 aromatic rings. The first-order valence-corrected chi connectivity index (χ1v) is 8.94. The summed E-state index contributed by atoms with van der Waals surface area (Å²) in [6.07, 6.45) is 7.39. The molecule has 0 spiro atoms. The average Bonchev–Trinajstić information content (AvgIpc) is 2.59. The van der Waals surface area contributed by atoms with Gasteiger partial charge in [0.05, 0.1) is 0 Å². The summed E-state index contributed by atoms with van der Waals surface area (Å²) in [5.41, 5.74) is 1.68. The van der Waals surface area contributed by atoms with Gasteiger partial charge in [0.15, 0.2) is 0 Å². The van der Waals surface area contributed by atoms with Crippen LogP contribution >= 0.6 is 0 Å². The molecule has 24 heavy (non-hydrogen) atoms. The summed E-state index contributed by atoms with van der Waals surface area (Å²) in [4.78, 5) is 25.8. The van der Waals surface area contributed by atoms with Crippen LogP contribution in [0.15, 0.2) is 30.3 Å². The minimum Gasteiger partial charge on any atom is -0.352 e. The first-order valence-electron chi connectivity index (χ1n) is 8.94. The highest BCUT2D eigenvalue weighted by Crippen LogP contribution is 2.09. The molecule has 1 aromatic carbocycles. The molecule has 0 heterocycles. The molecule has 0 unspecified atom stereocenters. The summed E-state index contributed by atoms with van der Waals surface area (Å²) in [5.74, 6) is 0.194. The Hall–Kier alpha value is -2.10. The van der Waals surface area contributed by atoms with Crippen LogP contribution in [0.2, 0.25) is 0 Å². The molecule has 4 heteroatoms. The number of nitrogens with one attached hydrogen (secondary N) is 1. The highest BCUT2D eigenvalue weighted by atomic mass is 16.2. The Morgan fingerprint density at radius 3 is 2.67 bits per heavy atom. The normalized spacial score (nSPS) is 10.8. The van der Waals surface area contributed by atoms with Crippen molar-refractivity contribution in [2.24, 2.45) is 0 Å². The van der Waals surface area contributed by atoms with Crippen LogP contribution in [0.5, 0.6) is 0 Å². The predicted molar refractivity (Wildman–Crippen MR) is 99.9 cm³/mol. The van der Waals surface area contributed by atoms with Crippen LogP contribution < -0.4 is 5.32 Å². The van der Waals surface area contributed by atoms with E-state index in [4.69, 9.17) is 0 Å². The van der Waals surface area contributed by atoms with Crippen LogP contribution in [-0.4, -0.2) is 36.3 Å². The fraction of sp³-hybridized carbons (Fsp3) is 0.500. The zero-order valence-corrected chi connectivity index (χ0v) is 15.2. The Labute approximate surface area is 145 Å². The van der Waals surface area contributed by atoms with E-state index in [-0.39, 0.29) is 11.8 Å². The molecule has 0 aromatic heterocycles. The van der Waals surface area contributed by atoms with E-state index in [2.05, 4.69) is 18.3 Å². The van der Waals surface area contributed by atoms with Gasteiger partial charge < -0.3 is 10.2 Å². The van der Waals surface area contributed by atoms with E-state index in [1.54, 1.807) is 0 Å². The number of nitrogens with zero attached hydrogens (tertiary/aromatic N) is 1. The van der Waals surface area contributed by atoms with E-state index in [9.17, 15) is 9.59 Å². The van der Waals surface area contributed by atoms with Crippen molar-refractivity contribution in [3.8, 4) is 0 Å². The van der Waals surface area contributed by atoms with E-state index in [0.717, 1.165) is 37.9 Å². The lowest BCUT2D eigenvalue weighted by Gasteiger charge is -2.19. The first kappa shape index (κ1) is 19.9. The smallest absolute Gasteiger partial charge is 0.251 e. The van der Waals surface area contributed by atoms with Gasteiger partial charge in [0.25, 0.3) is 5.91 Å². The molecular formula is C20H30N2O2. The highest BCUT2D eigenvalue weighted by molar-refractivity contribution is 5.94. The summed E-state index contributed by atoms with van der Waals surface area (Å²) < 4.78 is 0. The van der Waals surface area contributed by atoms with Gasteiger partial charge in [0, 0.05) is 31.6 Å². The van der Waals surface area contributed by atoms with Gasteiger partial charge in [-0.3, -0.25) is 9.59 Å². The van der Waals surface area contributed by atoms with Gasteiger partial charge >= 0.3 is 0 Å². The maximum atomic E-state index is 12.0. The Kier molecular flexibility index (Phi) is 9.51. The molecule has 0 saturated carbocycles. The second kappa shape index (κ2) is 11.4.